The Labute approximate surface area is 308 Å². The van der Waals surface area contributed by atoms with Crippen LogP contribution in [-0.4, -0.2) is 165 Å². The number of carbonyl (C=O) groups is 1. The molecule has 0 fully saturated rings. The second kappa shape index (κ2) is 30.7. The molecular formula is C38H60N2O12. The van der Waals surface area contributed by atoms with Crippen molar-refractivity contribution in [1.29, 1.82) is 0 Å². The first-order chi connectivity index (χ1) is 25.8. The maximum Gasteiger partial charge on any atom is 0.407 e. The average molecular weight is 737 g/mol. The summed E-state index contributed by atoms with van der Waals surface area (Å²) in [5.74, 6) is 0.0382. The predicted molar refractivity (Wildman–Crippen MR) is 195 cm³/mol. The normalized spacial score (nSPS) is 12.2. The Balaban J connectivity index is 0.958. The van der Waals surface area contributed by atoms with Gasteiger partial charge in [-0.3, -0.25) is 0 Å². The lowest BCUT2D eigenvalue weighted by atomic mass is 9.98. The molecule has 0 radical (unpaired) electrons. The summed E-state index contributed by atoms with van der Waals surface area (Å²) >= 11 is 0. The highest BCUT2D eigenvalue weighted by atomic mass is 16.6. The van der Waals surface area contributed by atoms with Gasteiger partial charge >= 0.3 is 6.09 Å². The second-order valence-corrected chi connectivity index (χ2v) is 11.5. The number of carbonyl (C=O) groups excluding carboxylic acids is 1. The van der Waals surface area contributed by atoms with Crippen LogP contribution in [0.4, 0.5) is 4.79 Å². The highest BCUT2D eigenvalue weighted by Gasteiger charge is 2.28. The quantitative estimate of drug-likeness (QED) is 0.100. The molecule has 0 saturated carbocycles. The van der Waals surface area contributed by atoms with Crippen LogP contribution >= 0.6 is 0 Å². The van der Waals surface area contributed by atoms with Gasteiger partial charge in [0.05, 0.1) is 132 Å². The largest absolute Gasteiger partial charge is 0.449 e. The van der Waals surface area contributed by atoms with Crippen LogP contribution in [-0.2, 0) is 52.1 Å². The fourth-order valence-corrected chi connectivity index (χ4v) is 5.13. The van der Waals surface area contributed by atoms with E-state index >= 15 is 0 Å². The van der Waals surface area contributed by atoms with Gasteiger partial charge in [-0.2, -0.15) is 0 Å². The molecule has 0 aliphatic heterocycles. The third-order valence-electron chi connectivity index (χ3n) is 7.70. The Kier molecular flexibility index (Phi) is 25.8. The minimum Gasteiger partial charge on any atom is -0.449 e. The van der Waals surface area contributed by atoms with Gasteiger partial charge in [0.2, 0.25) is 0 Å². The van der Waals surface area contributed by atoms with Crippen molar-refractivity contribution in [3.8, 4) is 11.1 Å². The van der Waals surface area contributed by atoms with Crippen molar-refractivity contribution in [3.05, 3.63) is 59.7 Å². The van der Waals surface area contributed by atoms with Gasteiger partial charge < -0.3 is 62.7 Å². The fourth-order valence-electron chi connectivity index (χ4n) is 5.13. The average Bonchev–Trinajstić information content (AvgIpc) is 3.49. The van der Waals surface area contributed by atoms with Crippen molar-refractivity contribution in [3.63, 3.8) is 0 Å². The zero-order chi connectivity index (χ0) is 36.6. The van der Waals surface area contributed by atoms with E-state index in [9.17, 15) is 4.79 Å². The maximum absolute atomic E-state index is 12.2. The van der Waals surface area contributed by atoms with Crippen LogP contribution in [0.2, 0.25) is 0 Å². The van der Waals surface area contributed by atoms with E-state index in [4.69, 9.17) is 52.1 Å². The molecule has 0 aromatic heterocycles. The van der Waals surface area contributed by atoms with Crippen molar-refractivity contribution in [2.24, 2.45) is 0 Å². The van der Waals surface area contributed by atoms with Crippen LogP contribution in [0.15, 0.2) is 48.5 Å². The SMILES string of the molecule is CNCCOCCOCCOCCOCCOCCOCCOCCOCCOCCOCCNC(=O)OCC1c2ccccc2-c2ccccc21. The number of ether oxygens (including phenoxy) is 11. The van der Waals surface area contributed by atoms with Crippen molar-refractivity contribution < 1.29 is 56.9 Å². The van der Waals surface area contributed by atoms with E-state index in [1.54, 1.807) is 0 Å². The Morgan fingerprint density at radius 3 is 1.12 bits per heavy atom. The zero-order valence-electron chi connectivity index (χ0n) is 30.9. The van der Waals surface area contributed by atoms with Crippen molar-refractivity contribution in [1.82, 2.24) is 10.6 Å². The Hall–Kier alpha value is -2.73. The smallest absolute Gasteiger partial charge is 0.407 e. The molecule has 0 saturated heterocycles. The van der Waals surface area contributed by atoms with Crippen molar-refractivity contribution in [2.45, 2.75) is 5.92 Å². The molecule has 0 spiro atoms. The van der Waals surface area contributed by atoms with Gasteiger partial charge in [-0.15, -0.1) is 0 Å². The molecule has 2 aromatic carbocycles. The molecule has 14 heteroatoms. The van der Waals surface area contributed by atoms with Gasteiger partial charge in [0.15, 0.2) is 0 Å². The van der Waals surface area contributed by atoms with Crippen LogP contribution in [0.1, 0.15) is 17.0 Å². The molecule has 1 aliphatic rings. The van der Waals surface area contributed by atoms with Gasteiger partial charge in [-0.05, 0) is 29.3 Å². The second-order valence-electron chi connectivity index (χ2n) is 11.5. The standard InChI is InChI=1S/C38H60N2O12/c1-39-10-12-42-14-16-44-18-20-46-22-24-48-26-28-50-30-31-51-29-27-49-25-23-47-21-19-45-17-15-43-13-11-40-38(41)52-32-37-35-8-4-2-6-33(35)34-7-3-5-9-36(34)37/h2-9,37,39H,10-32H2,1H3,(H,40,41). The molecule has 0 unspecified atom stereocenters. The maximum atomic E-state index is 12.2. The fraction of sp³-hybridized carbons (Fsp3) is 0.658. The molecule has 0 heterocycles. The highest BCUT2D eigenvalue weighted by Crippen LogP contribution is 2.44. The van der Waals surface area contributed by atoms with E-state index in [1.807, 2.05) is 31.3 Å². The molecule has 52 heavy (non-hydrogen) atoms. The summed E-state index contributed by atoms with van der Waals surface area (Å²) in [5.41, 5.74) is 4.78. The zero-order valence-corrected chi connectivity index (χ0v) is 30.9. The van der Waals surface area contributed by atoms with E-state index < -0.39 is 6.09 Å². The number of fused-ring (bicyclic) bond motifs is 3. The molecule has 3 rings (SSSR count). The predicted octanol–water partition coefficient (Wildman–Crippen LogP) is 2.91. The minimum atomic E-state index is -0.451. The lowest BCUT2D eigenvalue weighted by molar-refractivity contribution is -0.0263. The molecule has 2 N–H and O–H groups in total. The Morgan fingerprint density at radius 1 is 0.462 bits per heavy atom. The molecule has 294 valence electrons. The summed E-state index contributed by atoms with van der Waals surface area (Å²) in [4.78, 5) is 12.2. The first-order valence-corrected chi connectivity index (χ1v) is 18.3. The highest BCUT2D eigenvalue weighted by molar-refractivity contribution is 5.79. The third kappa shape index (κ3) is 19.9. The molecule has 1 amide bonds. The van der Waals surface area contributed by atoms with Gasteiger partial charge in [-0.1, -0.05) is 48.5 Å². The Morgan fingerprint density at radius 2 is 0.769 bits per heavy atom. The van der Waals surface area contributed by atoms with Gasteiger partial charge in [-0.25, -0.2) is 4.79 Å². The number of rotatable bonds is 35. The molecular weight excluding hydrogens is 676 g/mol. The van der Waals surface area contributed by atoms with Crippen LogP contribution < -0.4 is 10.6 Å². The number of hydrogen-bond acceptors (Lipinski definition) is 13. The van der Waals surface area contributed by atoms with E-state index in [-0.39, 0.29) is 12.5 Å². The summed E-state index contributed by atoms with van der Waals surface area (Å²) < 4.78 is 60.3. The first-order valence-electron chi connectivity index (χ1n) is 18.3. The number of benzene rings is 2. The van der Waals surface area contributed by atoms with Crippen LogP contribution in [0.5, 0.6) is 0 Å². The van der Waals surface area contributed by atoms with E-state index in [0.29, 0.717) is 139 Å². The topological polar surface area (TPSA) is 143 Å². The van der Waals surface area contributed by atoms with Crippen molar-refractivity contribution >= 4 is 6.09 Å². The monoisotopic (exact) mass is 736 g/mol. The summed E-state index contributed by atoms with van der Waals surface area (Å²) in [7, 11) is 1.89. The van der Waals surface area contributed by atoms with Gasteiger partial charge in [0.25, 0.3) is 0 Å². The first kappa shape index (κ1) is 43.7. The number of amides is 1. The Bertz CT molecular complexity index is 1120. The van der Waals surface area contributed by atoms with Crippen LogP contribution in [0, 0.1) is 0 Å². The number of alkyl carbamates (subject to hydrolysis) is 1. The van der Waals surface area contributed by atoms with Crippen molar-refractivity contribution in [2.75, 3.05) is 159 Å². The lowest BCUT2D eigenvalue weighted by Gasteiger charge is -2.14. The van der Waals surface area contributed by atoms with Crippen LogP contribution in [0.25, 0.3) is 11.1 Å². The summed E-state index contributed by atoms with van der Waals surface area (Å²) in [6.07, 6.45) is -0.451. The summed E-state index contributed by atoms with van der Waals surface area (Å²) in [6, 6.07) is 16.5. The lowest BCUT2D eigenvalue weighted by Crippen LogP contribution is -2.29. The molecule has 2 aromatic rings. The minimum absolute atomic E-state index is 0.0382. The van der Waals surface area contributed by atoms with Crippen LogP contribution in [0.3, 0.4) is 0 Å². The number of nitrogens with one attached hydrogen (secondary N) is 2. The van der Waals surface area contributed by atoms with Gasteiger partial charge in [0, 0.05) is 19.0 Å². The number of likely N-dealkylation sites (N-methyl/N-ethyl adjacent to an activating group) is 1. The summed E-state index contributed by atoms with van der Waals surface area (Å²) in [5, 5.41) is 5.76. The number of hydrogen-bond donors (Lipinski definition) is 2. The van der Waals surface area contributed by atoms with E-state index in [2.05, 4.69) is 34.9 Å². The van der Waals surface area contributed by atoms with Gasteiger partial charge in [0.1, 0.15) is 6.61 Å². The third-order valence-corrected chi connectivity index (χ3v) is 7.70. The molecule has 1 aliphatic carbocycles. The van der Waals surface area contributed by atoms with E-state index in [1.165, 1.54) is 22.3 Å². The molecule has 0 bridgehead atoms. The summed E-state index contributed by atoms with van der Waals surface area (Å²) in [6.45, 7) is 11.6. The van der Waals surface area contributed by atoms with E-state index in [0.717, 1.165) is 6.54 Å². The molecule has 0 atom stereocenters. The molecule has 14 nitrogen and oxygen atoms in total.